The molecule has 0 amide bonds. The zero-order valence-electron chi connectivity index (χ0n) is 4.02. The second-order valence-electron chi connectivity index (χ2n) is 1.30. The molecule has 1 radical (unpaired) electrons. The molecule has 0 N–H and O–H groups in total. The first-order chi connectivity index (χ1) is 3.31. The second-order valence-corrected chi connectivity index (χ2v) is 1.68. The summed E-state index contributed by atoms with van der Waals surface area (Å²) in [4.78, 5) is 0. The molecule has 2 heteroatoms. The van der Waals surface area contributed by atoms with Crippen molar-refractivity contribution in [2.45, 2.75) is 6.42 Å². The average Bonchev–Trinajstić information content (AvgIpc) is 1.68. The van der Waals surface area contributed by atoms with Gasteiger partial charge in [-0.05, 0) is 13.3 Å². The van der Waals surface area contributed by atoms with Crippen LogP contribution in [0.1, 0.15) is 6.42 Å². The lowest BCUT2D eigenvalue weighted by Gasteiger charge is -1.91. The van der Waals surface area contributed by atoms with Crippen LogP contribution in [0.2, 0.25) is 0 Å². The van der Waals surface area contributed by atoms with Gasteiger partial charge in [-0.3, -0.25) is 0 Å². The van der Waals surface area contributed by atoms with Crippen LogP contribution in [0, 0.1) is 24.2 Å². The Bertz CT molecular complexity index is 74.6. The lowest BCUT2D eigenvalue weighted by molar-refractivity contribution is 0.790. The zero-order valence-corrected chi connectivity index (χ0v) is 4.78. The maximum Gasteiger partial charge on any atom is 0.0656 e. The molecule has 7 heavy (non-hydrogen) atoms. The Balaban J connectivity index is 3.04. The van der Waals surface area contributed by atoms with E-state index in [1.807, 2.05) is 6.07 Å². The largest absolute Gasteiger partial charge is 0.198 e. The van der Waals surface area contributed by atoms with Crippen molar-refractivity contribution in [3.8, 4) is 6.07 Å². The Labute approximate surface area is 48.9 Å². The molecule has 0 fully saturated rings. The van der Waals surface area contributed by atoms with E-state index < -0.39 is 0 Å². The molecule has 0 saturated carbocycles. The summed E-state index contributed by atoms with van der Waals surface area (Å²) in [5.41, 5.74) is 0. The number of alkyl halides is 1. The van der Waals surface area contributed by atoms with Crippen molar-refractivity contribution in [2.75, 3.05) is 5.88 Å². The molecule has 0 aromatic rings. The second kappa shape index (κ2) is 3.95. The summed E-state index contributed by atoms with van der Waals surface area (Å²) in [6.45, 7) is 3.50. The first-order valence-corrected chi connectivity index (χ1v) is 2.63. The Morgan fingerprint density at radius 2 is 2.43 bits per heavy atom. The van der Waals surface area contributed by atoms with E-state index in [-0.39, 0.29) is 5.92 Å². The molecule has 0 aliphatic heterocycles. The van der Waals surface area contributed by atoms with Gasteiger partial charge in [0, 0.05) is 11.8 Å². The van der Waals surface area contributed by atoms with Gasteiger partial charge in [0.15, 0.2) is 0 Å². The molecule has 0 spiro atoms. The molecule has 0 aromatic heterocycles. The van der Waals surface area contributed by atoms with E-state index in [1.165, 1.54) is 0 Å². The fourth-order valence-electron chi connectivity index (χ4n) is 0.196. The summed E-state index contributed by atoms with van der Waals surface area (Å²) in [6.07, 6.45) is 0.693. The van der Waals surface area contributed by atoms with Crippen LogP contribution in [0.4, 0.5) is 0 Å². The van der Waals surface area contributed by atoms with Crippen molar-refractivity contribution in [1.29, 1.82) is 5.26 Å². The summed E-state index contributed by atoms with van der Waals surface area (Å²) < 4.78 is 0. The maximum absolute atomic E-state index is 8.09. The zero-order chi connectivity index (χ0) is 5.70. The molecular weight excluding hydrogens is 110 g/mol. The lowest BCUT2D eigenvalue weighted by atomic mass is 10.2. The van der Waals surface area contributed by atoms with E-state index in [4.69, 9.17) is 16.9 Å². The van der Waals surface area contributed by atoms with Crippen LogP contribution in [0.25, 0.3) is 0 Å². The minimum atomic E-state index is -0.127. The Morgan fingerprint density at radius 3 is 2.57 bits per heavy atom. The predicted octanol–water partition coefficient (Wildman–Crippen LogP) is 1.59. The first-order valence-electron chi connectivity index (χ1n) is 2.10. The van der Waals surface area contributed by atoms with E-state index in [0.717, 1.165) is 0 Å². The summed E-state index contributed by atoms with van der Waals surface area (Å²) in [5.74, 6) is 0.402. The average molecular weight is 117 g/mol. The van der Waals surface area contributed by atoms with Crippen molar-refractivity contribution >= 4 is 11.6 Å². The molecule has 0 aliphatic rings. The molecule has 1 unspecified atom stereocenters. The summed E-state index contributed by atoms with van der Waals surface area (Å²) in [5, 5.41) is 8.09. The van der Waals surface area contributed by atoms with Gasteiger partial charge < -0.3 is 0 Å². The number of nitrogens with zero attached hydrogens (tertiary/aromatic N) is 1. The third kappa shape index (κ3) is 3.61. The van der Waals surface area contributed by atoms with Crippen LogP contribution in [-0.2, 0) is 0 Å². The third-order valence-corrected chi connectivity index (χ3v) is 0.858. The molecule has 0 rings (SSSR count). The fraction of sp³-hybridized carbons (Fsp3) is 0.600. The van der Waals surface area contributed by atoms with Crippen LogP contribution < -0.4 is 0 Å². The van der Waals surface area contributed by atoms with E-state index in [0.29, 0.717) is 12.3 Å². The molecule has 1 atom stereocenters. The molecule has 0 aromatic carbocycles. The van der Waals surface area contributed by atoms with Crippen LogP contribution >= 0.6 is 11.6 Å². The number of hydrogen-bond donors (Lipinski definition) is 0. The third-order valence-electron chi connectivity index (χ3n) is 0.640. The van der Waals surface area contributed by atoms with Gasteiger partial charge in [-0.15, -0.1) is 11.6 Å². The van der Waals surface area contributed by atoms with Gasteiger partial charge in [0.25, 0.3) is 0 Å². The Morgan fingerprint density at radius 1 is 1.86 bits per heavy atom. The number of rotatable bonds is 2. The molecule has 39 valence electrons. The van der Waals surface area contributed by atoms with Gasteiger partial charge in [0.05, 0.1) is 6.07 Å². The molecule has 0 bridgehead atoms. The molecular formula is C5H7ClN. The summed E-state index contributed by atoms with van der Waals surface area (Å²) in [6, 6.07) is 1.97. The monoisotopic (exact) mass is 116 g/mol. The van der Waals surface area contributed by atoms with Gasteiger partial charge in [0.1, 0.15) is 0 Å². The minimum absolute atomic E-state index is 0.127. The van der Waals surface area contributed by atoms with E-state index in [1.54, 1.807) is 0 Å². The highest BCUT2D eigenvalue weighted by Crippen LogP contribution is 1.98. The quantitative estimate of drug-likeness (QED) is 0.503. The highest BCUT2D eigenvalue weighted by Gasteiger charge is 1.94. The lowest BCUT2D eigenvalue weighted by Crippen LogP contribution is -1.89. The van der Waals surface area contributed by atoms with Crippen LogP contribution in [0.15, 0.2) is 0 Å². The minimum Gasteiger partial charge on any atom is -0.198 e. The van der Waals surface area contributed by atoms with E-state index >= 15 is 0 Å². The van der Waals surface area contributed by atoms with Gasteiger partial charge in [-0.25, -0.2) is 0 Å². The standard InChI is InChI=1S/C5H7ClN/c1-5(4-7)2-3-6/h5H,1-3H2. The molecule has 1 nitrogen and oxygen atoms in total. The smallest absolute Gasteiger partial charge is 0.0656 e. The van der Waals surface area contributed by atoms with Gasteiger partial charge >= 0.3 is 0 Å². The first kappa shape index (κ1) is 6.78. The van der Waals surface area contributed by atoms with Gasteiger partial charge in [0.2, 0.25) is 0 Å². The summed E-state index contributed by atoms with van der Waals surface area (Å²) >= 11 is 5.28. The highest BCUT2D eigenvalue weighted by molar-refractivity contribution is 6.17. The maximum atomic E-state index is 8.09. The molecule has 0 saturated heterocycles. The van der Waals surface area contributed by atoms with Gasteiger partial charge in [-0.2, -0.15) is 5.26 Å². The Kier molecular flexibility index (Phi) is 3.83. The topological polar surface area (TPSA) is 23.8 Å². The predicted molar refractivity (Wildman–Crippen MR) is 29.8 cm³/mol. The van der Waals surface area contributed by atoms with Crippen molar-refractivity contribution in [2.24, 2.45) is 5.92 Å². The van der Waals surface area contributed by atoms with E-state index in [2.05, 4.69) is 6.92 Å². The van der Waals surface area contributed by atoms with Crippen molar-refractivity contribution in [3.63, 3.8) is 0 Å². The molecule has 0 aliphatic carbocycles. The highest BCUT2D eigenvalue weighted by atomic mass is 35.5. The van der Waals surface area contributed by atoms with E-state index in [9.17, 15) is 0 Å². The van der Waals surface area contributed by atoms with Crippen LogP contribution in [0.3, 0.4) is 0 Å². The summed E-state index contributed by atoms with van der Waals surface area (Å²) in [7, 11) is 0. The van der Waals surface area contributed by atoms with Crippen molar-refractivity contribution < 1.29 is 0 Å². The van der Waals surface area contributed by atoms with Crippen molar-refractivity contribution in [3.05, 3.63) is 6.92 Å². The fourth-order valence-corrected chi connectivity index (χ4v) is 0.460. The SMILES string of the molecule is [CH2]C(C#N)CCCl. The van der Waals surface area contributed by atoms with Crippen molar-refractivity contribution in [1.82, 2.24) is 0 Å². The van der Waals surface area contributed by atoms with Crippen LogP contribution in [0.5, 0.6) is 0 Å². The van der Waals surface area contributed by atoms with Gasteiger partial charge in [-0.1, -0.05) is 0 Å². The number of halogens is 1. The van der Waals surface area contributed by atoms with Crippen LogP contribution in [-0.4, -0.2) is 5.88 Å². The molecule has 0 heterocycles. The Hall–Kier alpha value is -0.220. The normalized spacial score (nSPS) is 12.7. The number of nitriles is 1. The number of hydrogen-bond acceptors (Lipinski definition) is 1.